The maximum absolute atomic E-state index is 10.9. The Kier molecular flexibility index (Phi) is 5.50. The van der Waals surface area contributed by atoms with Crippen LogP contribution < -0.4 is 10.6 Å². The quantitative estimate of drug-likeness (QED) is 0.437. The normalized spacial score (nSPS) is 9.08. The molecule has 0 spiro atoms. The second-order valence-corrected chi connectivity index (χ2v) is 2.41. The van der Waals surface area contributed by atoms with Crippen LogP contribution in [0.5, 0.6) is 0 Å². The van der Waals surface area contributed by atoms with E-state index in [9.17, 15) is 14.4 Å². The second kappa shape index (κ2) is 6.16. The summed E-state index contributed by atoms with van der Waals surface area (Å²) in [7, 11) is 0. The van der Waals surface area contributed by atoms with Gasteiger partial charge in [0.15, 0.2) is 0 Å². The van der Waals surface area contributed by atoms with E-state index in [2.05, 4.69) is 10.6 Å². The fourth-order valence-electron chi connectivity index (χ4n) is 0.745. The zero-order valence-corrected chi connectivity index (χ0v) is 7.85. The molecule has 0 radical (unpaired) electrons. The lowest BCUT2D eigenvalue weighted by atomic mass is 10.2. The number of rotatable bonds is 5. The van der Waals surface area contributed by atoms with Crippen molar-refractivity contribution in [2.75, 3.05) is 13.1 Å². The smallest absolute Gasteiger partial charge is 0.287 e. The Hall–Kier alpha value is -1.39. The number of hydrogen-bond donors (Lipinski definition) is 2. The van der Waals surface area contributed by atoms with Crippen molar-refractivity contribution < 1.29 is 14.4 Å². The van der Waals surface area contributed by atoms with Gasteiger partial charge in [-0.1, -0.05) is 0 Å². The lowest BCUT2D eigenvalue weighted by Crippen LogP contribution is -2.34. The van der Waals surface area contributed by atoms with E-state index in [1.54, 1.807) is 13.8 Å². The summed E-state index contributed by atoms with van der Waals surface area (Å²) in [5, 5.41) is 4.76. The molecule has 0 saturated heterocycles. The molecule has 0 unspecified atom stereocenters. The number of nitrogens with one attached hydrogen (secondary N) is 2. The Morgan fingerprint density at radius 3 is 2.00 bits per heavy atom. The first-order valence-electron chi connectivity index (χ1n) is 4.19. The van der Waals surface area contributed by atoms with Crippen LogP contribution >= 0.6 is 0 Å². The van der Waals surface area contributed by atoms with E-state index in [0.717, 1.165) is 0 Å². The molecule has 0 aromatic heterocycles. The van der Waals surface area contributed by atoms with Gasteiger partial charge in [-0.25, -0.2) is 0 Å². The SMILES string of the molecule is CCNC(=O)CC(=O)C(=O)NCC. The van der Waals surface area contributed by atoms with E-state index in [1.807, 2.05) is 0 Å². The molecule has 0 bridgehead atoms. The first-order valence-corrected chi connectivity index (χ1v) is 4.19. The summed E-state index contributed by atoms with van der Waals surface area (Å²) in [6, 6.07) is 0. The standard InChI is InChI=1S/C8H14N2O3/c1-3-9-7(12)5-6(11)8(13)10-4-2/h3-5H2,1-2H3,(H,9,12)(H,10,13). The van der Waals surface area contributed by atoms with Crippen molar-refractivity contribution in [1.82, 2.24) is 10.6 Å². The molecule has 5 heteroatoms. The van der Waals surface area contributed by atoms with E-state index in [-0.39, 0.29) is 6.42 Å². The minimum Gasteiger partial charge on any atom is -0.356 e. The van der Waals surface area contributed by atoms with Crippen LogP contribution in [0, 0.1) is 0 Å². The Morgan fingerprint density at radius 2 is 1.54 bits per heavy atom. The third-order valence-corrected chi connectivity index (χ3v) is 1.29. The number of ketones is 1. The van der Waals surface area contributed by atoms with Crippen LogP contribution in [0.15, 0.2) is 0 Å². The summed E-state index contributed by atoms with van der Waals surface area (Å²) >= 11 is 0. The highest BCUT2D eigenvalue weighted by molar-refractivity contribution is 6.39. The van der Waals surface area contributed by atoms with Gasteiger partial charge in [0.1, 0.15) is 0 Å². The number of carbonyl (C=O) groups is 3. The maximum atomic E-state index is 10.9. The highest BCUT2D eigenvalue weighted by Crippen LogP contribution is 1.83. The molecule has 0 aromatic rings. The molecule has 0 heterocycles. The predicted octanol–water partition coefficient (Wildman–Crippen LogP) is -0.782. The number of carbonyl (C=O) groups excluding carboxylic acids is 3. The van der Waals surface area contributed by atoms with Crippen LogP contribution in [0.25, 0.3) is 0 Å². The molecule has 0 aliphatic heterocycles. The summed E-state index contributed by atoms with van der Waals surface area (Å²) < 4.78 is 0. The second-order valence-electron chi connectivity index (χ2n) is 2.41. The van der Waals surface area contributed by atoms with Gasteiger partial charge in [0, 0.05) is 13.1 Å². The van der Waals surface area contributed by atoms with Gasteiger partial charge in [0.05, 0.1) is 6.42 Å². The van der Waals surface area contributed by atoms with Crippen molar-refractivity contribution in [2.45, 2.75) is 20.3 Å². The van der Waals surface area contributed by atoms with Crippen LogP contribution in [-0.2, 0) is 14.4 Å². The fraction of sp³-hybridized carbons (Fsp3) is 0.625. The Labute approximate surface area is 76.9 Å². The zero-order valence-electron chi connectivity index (χ0n) is 7.85. The van der Waals surface area contributed by atoms with Gasteiger partial charge in [-0.2, -0.15) is 0 Å². The minimum absolute atomic E-state index is 0.375. The molecule has 0 aromatic carbocycles. The molecule has 0 aliphatic carbocycles. The third kappa shape index (κ3) is 4.95. The van der Waals surface area contributed by atoms with Gasteiger partial charge < -0.3 is 10.6 Å². The molecule has 2 N–H and O–H groups in total. The van der Waals surface area contributed by atoms with Gasteiger partial charge in [-0.05, 0) is 13.8 Å². The van der Waals surface area contributed by atoms with Crippen molar-refractivity contribution in [3.63, 3.8) is 0 Å². The number of likely N-dealkylation sites (N-methyl/N-ethyl adjacent to an activating group) is 1. The molecule has 0 atom stereocenters. The average molecular weight is 186 g/mol. The van der Waals surface area contributed by atoms with E-state index >= 15 is 0 Å². The summed E-state index contributed by atoms with van der Waals surface area (Å²) in [6.07, 6.45) is -0.375. The lowest BCUT2D eigenvalue weighted by molar-refractivity contribution is -0.140. The number of Topliss-reactive ketones (excluding diaryl/α,β-unsaturated/α-hetero) is 1. The van der Waals surface area contributed by atoms with Crippen molar-refractivity contribution in [3.05, 3.63) is 0 Å². The van der Waals surface area contributed by atoms with Crippen LogP contribution in [0.1, 0.15) is 20.3 Å². The lowest BCUT2D eigenvalue weighted by Gasteiger charge is -2.01. The molecule has 0 rings (SSSR count). The van der Waals surface area contributed by atoms with E-state index in [4.69, 9.17) is 0 Å². The van der Waals surface area contributed by atoms with E-state index in [1.165, 1.54) is 0 Å². The highest BCUT2D eigenvalue weighted by atomic mass is 16.2. The first kappa shape index (κ1) is 11.6. The monoisotopic (exact) mass is 186 g/mol. The molecule has 0 saturated carbocycles. The van der Waals surface area contributed by atoms with Gasteiger partial charge in [-0.3, -0.25) is 14.4 Å². The Bertz CT molecular complexity index is 213. The average Bonchev–Trinajstić information content (AvgIpc) is 2.05. The van der Waals surface area contributed by atoms with Gasteiger partial charge in [-0.15, -0.1) is 0 Å². The molecule has 0 fully saturated rings. The molecule has 13 heavy (non-hydrogen) atoms. The molecular weight excluding hydrogens is 172 g/mol. The summed E-state index contributed by atoms with van der Waals surface area (Å²) in [5.41, 5.74) is 0. The van der Waals surface area contributed by atoms with Crippen LogP contribution in [-0.4, -0.2) is 30.7 Å². The van der Waals surface area contributed by atoms with Crippen molar-refractivity contribution >= 4 is 17.6 Å². The maximum Gasteiger partial charge on any atom is 0.287 e. The zero-order chi connectivity index (χ0) is 10.3. The summed E-state index contributed by atoms with van der Waals surface area (Å²) in [6.45, 7) is 4.30. The van der Waals surface area contributed by atoms with Crippen molar-refractivity contribution in [1.29, 1.82) is 0 Å². The van der Waals surface area contributed by atoms with Crippen LogP contribution in [0.4, 0.5) is 0 Å². The van der Waals surface area contributed by atoms with Crippen molar-refractivity contribution in [2.24, 2.45) is 0 Å². The van der Waals surface area contributed by atoms with Crippen LogP contribution in [0.3, 0.4) is 0 Å². The highest BCUT2D eigenvalue weighted by Gasteiger charge is 2.15. The summed E-state index contributed by atoms with van der Waals surface area (Å²) in [4.78, 5) is 32.6. The summed E-state index contributed by atoms with van der Waals surface area (Å²) in [5.74, 6) is -1.82. The van der Waals surface area contributed by atoms with Gasteiger partial charge >= 0.3 is 0 Å². The first-order chi connectivity index (χ1) is 6.11. The predicted molar refractivity (Wildman–Crippen MR) is 47.0 cm³/mol. The molecule has 74 valence electrons. The van der Waals surface area contributed by atoms with Gasteiger partial charge in [0.2, 0.25) is 11.7 Å². The fourth-order valence-corrected chi connectivity index (χ4v) is 0.745. The van der Waals surface area contributed by atoms with Gasteiger partial charge in [0.25, 0.3) is 5.91 Å². The van der Waals surface area contributed by atoms with Crippen LogP contribution in [0.2, 0.25) is 0 Å². The minimum atomic E-state index is -0.701. The number of hydrogen-bond acceptors (Lipinski definition) is 3. The molecule has 0 aliphatic rings. The molecular formula is C8H14N2O3. The Morgan fingerprint density at radius 1 is 1.00 bits per heavy atom. The number of amides is 2. The Balaban J connectivity index is 3.86. The van der Waals surface area contributed by atoms with E-state index < -0.39 is 17.6 Å². The topological polar surface area (TPSA) is 75.3 Å². The van der Waals surface area contributed by atoms with Crippen molar-refractivity contribution in [3.8, 4) is 0 Å². The van der Waals surface area contributed by atoms with E-state index in [0.29, 0.717) is 13.1 Å². The largest absolute Gasteiger partial charge is 0.356 e. The third-order valence-electron chi connectivity index (χ3n) is 1.29. The molecule has 2 amide bonds. The molecule has 5 nitrogen and oxygen atoms in total.